The number of hydrogen-bond acceptors (Lipinski definition) is 3. The van der Waals surface area contributed by atoms with Gasteiger partial charge in [-0.3, -0.25) is 9.59 Å². The highest BCUT2D eigenvalue weighted by atomic mass is 35.5. The van der Waals surface area contributed by atoms with Gasteiger partial charge in [-0.15, -0.1) is 0 Å². The monoisotopic (exact) mass is 498 g/mol. The Hall–Kier alpha value is -3.02. The lowest BCUT2D eigenvalue weighted by molar-refractivity contribution is -0.142. The van der Waals surface area contributed by atoms with Crippen LogP contribution in [0.4, 0.5) is 0 Å². The molecule has 0 unspecified atom stereocenters. The van der Waals surface area contributed by atoms with E-state index >= 15 is 0 Å². The Kier molecular flexibility index (Phi) is 9.37. The fourth-order valence-corrected chi connectivity index (χ4v) is 3.90. The Morgan fingerprint density at radius 1 is 0.971 bits per heavy atom. The van der Waals surface area contributed by atoms with Gasteiger partial charge in [0.15, 0.2) is 6.61 Å². The molecule has 3 rings (SSSR count). The number of likely N-dealkylation sites (N-methyl/N-ethyl adjacent to an activating group) is 1. The number of ether oxygens (including phenoxy) is 1. The van der Waals surface area contributed by atoms with Gasteiger partial charge in [0.05, 0.1) is 0 Å². The van der Waals surface area contributed by atoms with Gasteiger partial charge in [-0.2, -0.15) is 0 Å². The van der Waals surface area contributed by atoms with Crippen LogP contribution in [0, 0.1) is 6.92 Å². The van der Waals surface area contributed by atoms with Gasteiger partial charge in [0.2, 0.25) is 5.91 Å². The van der Waals surface area contributed by atoms with E-state index in [1.54, 1.807) is 29.2 Å². The first kappa shape index (κ1) is 25.6. The van der Waals surface area contributed by atoms with E-state index in [0.29, 0.717) is 28.8 Å². The summed E-state index contributed by atoms with van der Waals surface area (Å²) in [4.78, 5) is 28.2. The largest absolute Gasteiger partial charge is 0.484 e. The fraction of sp³-hybridized carbons (Fsp3) is 0.259. The molecular formula is C27H28Cl2N2O3. The molecule has 0 bridgehead atoms. The number of rotatable bonds is 10. The first-order valence-corrected chi connectivity index (χ1v) is 11.9. The number of benzene rings is 3. The molecule has 0 aromatic heterocycles. The average Bonchev–Trinajstić information content (AvgIpc) is 2.83. The molecule has 7 heteroatoms. The van der Waals surface area contributed by atoms with E-state index in [-0.39, 0.29) is 25.0 Å². The van der Waals surface area contributed by atoms with Crippen LogP contribution in [-0.4, -0.2) is 35.9 Å². The van der Waals surface area contributed by atoms with Crippen LogP contribution in [0.25, 0.3) is 0 Å². The number of halogens is 2. The third-order valence-electron chi connectivity index (χ3n) is 5.41. The SMILES string of the molecule is CCNC(=O)[C@H](Cc1ccccc1)N(Cc1ccccc1Cl)C(=O)COc1ccc(Cl)c(C)c1. The molecule has 0 aliphatic carbocycles. The van der Waals surface area contributed by atoms with Crippen molar-refractivity contribution in [1.29, 1.82) is 0 Å². The number of carbonyl (C=O) groups excluding carboxylic acids is 2. The minimum atomic E-state index is -0.735. The third-order valence-corrected chi connectivity index (χ3v) is 6.21. The van der Waals surface area contributed by atoms with Crippen molar-refractivity contribution in [3.63, 3.8) is 0 Å². The van der Waals surface area contributed by atoms with Gasteiger partial charge < -0.3 is 15.0 Å². The van der Waals surface area contributed by atoms with Crippen LogP contribution in [0.3, 0.4) is 0 Å². The second kappa shape index (κ2) is 12.4. The highest BCUT2D eigenvalue weighted by Gasteiger charge is 2.30. The molecule has 0 spiro atoms. The molecule has 3 aromatic rings. The zero-order valence-corrected chi connectivity index (χ0v) is 20.8. The third kappa shape index (κ3) is 6.99. The maximum atomic E-state index is 13.5. The van der Waals surface area contributed by atoms with Crippen LogP contribution in [-0.2, 0) is 22.6 Å². The zero-order chi connectivity index (χ0) is 24.5. The highest BCUT2D eigenvalue weighted by Crippen LogP contribution is 2.23. The lowest BCUT2D eigenvalue weighted by Gasteiger charge is -2.31. The predicted octanol–water partition coefficient (Wildman–Crippen LogP) is 5.46. The average molecular weight is 499 g/mol. The fourth-order valence-electron chi connectivity index (χ4n) is 3.59. The molecule has 3 aromatic carbocycles. The van der Waals surface area contributed by atoms with Crippen LogP contribution in [0.5, 0.6) is 5.75 Å². The molecule has 1 atom stereocenters. The Morgan fingerprint density at radius 3 is 2.35 bits per heavy atom. The van der Waals surface area contributed by atoms with Crippen molar-refractivity contribution < 1.29 is 14.3 Å². The van der Waals surface area contributed by atoms with E-state index in [4.69, 9.17) is 27.9 Å². The van der Waals surface area contributed by atoms with Crippen LogP contribution in [0.2, 0.25) is 10.0 Å². The minimum absolute atomic E-state index is 0.177. The summed E-state index contributed by atoms with van der Waals surface area (Å²) < 4.78 is 5.78. The smallest absolute Gasteiger partial charge is 0.261 e. The first-order chi connectivity index (χ1) is 16.4. The Morgan fingerprint density at radius 2 is 1.68 bits per heavy atom. The highest BCUT2D eigenvalue weighted by molar-refractivity contribution is 6.31. The lowest BCUT2D eigenvalue weighted by atomic mass is 10.0. The summed E-state index contributed by atoms with van der Waals surface area (Å²) in [5, 5.41) is 4.02. The van der Waals surface area contributed by atoms with E-state index in [2.05, 4.69) is 5.32 Å². The van der Waals surface area contributed by atoms with E-state index < -0.39 is 6.04 Å². The molecule has 0 saturated carbocycles. The molecule has 0 radical (unpaired) electrons. The molecule has 5 nitrogen and oxygen atoms in total. The minimum Gasteiger partial charge on any atom is -0.484 e. The van der Waals surface area contributed by atoms with Crippen LogP contribution < -0.4 is 10.1 Å². The van der Waals surface area contributed by atoms with Crippen molar-refractivity contribution in [2.24, 2.45) is 0 Å². The van der Waals surface area contributed by atoms with Gasteiger partial charge in [0, 0.05) is 29.6 Å². The molecule has 0 fully saturated rings. The maximum Gasteiger partial charge on any atom is 0.261 e. The maximum absolute atomic E-state index is 13.5. The number of aryl methyl sites for hydroxylation is 1. The summed E-state index contributed by atoms with van der Waals surface area (Å²) in [6, 6.07) is 21.4. The van der Waals surface area contributed by atoms with Gasteiger partial charge in [-0.1, -0.05) is 71.7 Å². The van der Waals surface area contributed by atoms with Crippen LogP contribution in [0.15, 0.2) is 72.8 Å². The van der Waals surface area contributed by atoms with Crippen LogP contribution >= 0.6 is 23.2 Å². The van der Waals surface area contributed by atoms with Gasteiger partial charge in [0.25, 0.3) is 5.91 Å². The Bertz CT molecular complexity index is 1120. The molecule has 0 aliphatic heterocycles. The van der Waals surface area contributed by atoms with Crippen molar-refractivity contribution in [2.45, 2.75) is 32.9 Å². The normalized spacial score (nSPS) is 11.5. The Labute approximate surface area is 210 Å². The van der Waals surface area contributed by atoms with Crippen molar-refractivity contribution in [1.82, 2.24) is 10.2 Å². The molecule has 0 heterocycles. The Balaban J connectivity index is 1.90. The van der Waals surface area contributed by atoms with E-state index in [1.165, 1.54) is 0 Å². The molecule has 0 saturated heterocycles. The predicted molar refractivity (Wildman–Crippen MR) is 136 cm³/mol. The van der Waals surface area contributed by atoms with Crippen molar-refractivity contribution in [3.05, 3.63) is 99.5 Å². The summed E-state index contributed by atoms with van der Waals surface area (Å²) in [5.41, 5.74) is 2.55. The van der Waals surface area contributed by atoms with E-state index in [9.17, 15) is 9.59 Å². The summed E-state index contributed by atoms with van der Waals surface area (Å²) >= 11 is 12.5. The lowest BCUT2D eigenvalue weighted by Crippen LogP contribution is -2.51. The summed E-state index contributed by atoms with van der Waals surface area (Å²) in [6.07, 6.45) is 0.364. The van der Waals surface area contributed by atoms with Gasteiger partial charge >= 0.3 is 0 Å². The van der Waals surface area contributed by atoms with E-state index in [0.717, 1.165) is 16.7 Å². The molecule has 178 valence electrons. The van der Waals surface area contributed by atoms with Crippen LogP contribution in [0.1, 0.15) is 23.6 Å². The quantitative estimate of drug-likeness (QED) is 0.403. The molecular weight excluding hydrogens is 471 g/mol. The summed E-state index contributed by atoms with van der Waals surface area (Å²) in [6.45, 7) is 4.13. The summed E-state index contributed by atoms with van der Waals surface area (Å²) in [5.74, 6) is -0.0145. The van der Waals surface area contributed by atoms with Crippen molar-refractivity contribution in [3.8, 4) is 5.75 Å². The number of hydrogen-bond donors (Lipinski definition) is 1. The zero-order valence-electron chi connectivity index (χ0n) is 19.3. The molecule has 2 amide bonds. The number of nitrogens with zero attached hydrogens (tertiary/aromatic N) is 1. The van der Waals surface area contributed by atoms with Crippen molar-refractivity contribution in [2.75, 3.05) is 13.2 Å². The second-order valence-corrected chi connectivity index (χ2v) is 8.73. The van der Waals surface area contributed by atoms with Gasteiger partial charge in [-0.25, -0.2) is 0 Å². The van der Waals surface area contributed by atoms with Gasteiger partial charge in [0.1, 0.15) is 11.8 Å². The number of carbonyl (C=O) groups is 2. The molecule has 0 aliphatic rings. The second-order valence-electron chi connectivity index (χ2n) is 7.91. The number of amides is 2. The standard InChI is InChI=1S/C27H28Cl2N2O3/c1-3-30-27(33)25(16-20-9-5-4-6-10-20)31(17-21-11-7-8-12-24(21)29)26(32)18-34-22-13-14-23(28)19(2)15-22/h4-15,25H,3,16-18H2,1-2H3,(H,30,33)/t25-/m0/s1. The topological polar surface area (TPSA) is 58.6 Å². The van der Waals surface area contributed by atoms with Gasteiger partial charge in [-0.05, 0) is 54.8 Å². The first-order valence-electron chi connectivity index (χ1n) is 11.1. The summed E-state index contributed by atoms with van der Waals surface area (Å²) in [7, 11) is 0. The molecule has 34 heavy (non-hydrogen) atoms. The van der Waals surface area contributed by atoms with E-state index in [1.807, 2.05) is 62.4 Å². The van der Waals surface area contributed by atoms with Crippen molar-refractivity contribution >= 4 is 35.0 Å². The number of nitrogens with one attached hydrogen (secondary N) is 1. The molecule has 1 N–H and O–H groups in total.